The summed E-state index contributed by atoms with van der Waals surface area (Å²) in [7, 11) is 0. The third-order valence-corrected chi connectivity index (χ3v) is 6.05. The molecule has 1 atom stereocenters. The molecular weight excluding hydrogens is 362 g/mol. The van der Waals surface area contributed by atoms with Gasteiger partial charge in [-0.05, 0) is 37.1 Å². The van der Waals surface area contributed by atoms with Crippen molar-refractivity contribution < 1.29 is 0 Å². The van der Waals surface area contributed by atoms with E-state index in [1.807, 2.05) is 47.5 Å². The van der Waals surface area contributed by atoms with Gasteiger partial charge < -0.3 is 0 Å². The van der Waals surface area contributed by atoms with Crippen LogP contribution in [-0.2, 0) is 5.41 Å². The lowest BCUT2D eigenvalue weighted by Gasteiger charge is -2.20. The number of hydrogen-bond donors (Lipinski definition) is 0. The first-order chi connectivity index (χ1) is 12.2. The second kappa shape index (κ2) is 7.24. The van der Waals surface area contributed by atoms with E-state index in [2.05, 4.69) is 40.7 Å². The van der Waals surface area contributed by atoms with Crippen LogP contribution in [0.1, 0.15) is 52.4 Å². The normalized spacial score (nSPS) is 13.3. The molecular formula is C21H26ClN3S. The van der Waals surface area contributed by atoms with E-state index in [0.717, 1.165) is 44.6 Å². The molecule has 0 N–H and O–H groups in total. The van der Waals surface area contributed by atoms with Gasteiger partial charge in [0.25, 0.3) is 0 Å². The molecule has 0 aliphatic heterocycles. The highest BCUT2D eigenvalue weighted by Crippen LogP contribution is 2.35. The fourth-order valence-corrected chi connectivity index (χ4v) is 3.92. The summed E-state index contributed by atoms with van der Waals surface area (Å²) in [6.07, 6.45) is 1.11. The van der Waals surface area contributed by atoms with E-state index in [1.54, 1.807) is 0 Å². The van der Waals surface area contributed by atoms with Crippen LogP contribution < -0.4 is 0 Å². The molecule has 0 spiro atoms. The quantitative estimate of drug-likeness (QED) is 0.375. The van der Waals surface area contributed by atoms with E-state index >= 15 is 0 Å². The van der Waals surface area contributed by atoms with Gasteiger partial charge >= 0.3 is 0 Å². The number of fused-ring (bicyclic) bond motifs is 1. The van der Waals surface area contributed by atoms with E-state index in [0.29, 0.717) is 5.25 Å². The van der Waals surface area contributed by atoms with Crippen LogP contribution in [0.3, 0.4) is 0 Å². The molecule has 2 aromatic heterocycles. The average molecular weight is 388 g/mol. The van der Waals surface area contributed by atoms with E-state index in [9.17, 15) is 0 Å². The summed E-state index contributed by atoms with van der Waals surface area (Å²) in [5, 5.41) is 7.23. The van der Waals surface area contributed by atoms with Crippen LogP contribution in [0.25, 0.3) is 16.8 Å². The van der Waals surface area contributed by atoms with E-state index in [4.69, 9.17) is 21.7 Å². The van der Waals surface area contributed by atoms with Crippen LogP contribution in [-0.4, -0.2) is 19.8 Å². The van der Waals surface area contributed by atoms with Crippen LogP contribution in [0.2, 0.25) is 5.02 Å². The first-order valence-corrected chi connectivity index (χ1v) is 10.3. The van der Waals surface area contributed by atoms with Crippen LogP contribution in [0.4, 0.5) is 0 Å². The Kier molecular flexibility index (Phi) is 5.36. The first-order valence-electron chi connectivity index (χ1n) is 9.04. The molecule has 5 heteroatoms. The highest BCUT2D eigenvalue weighted by atomic mass is 35.5. The second-order valence-electron chi connectivity index (χ2n) is 7.77. The zero-order valence-corrected chi connectivity index (χ0v) is 17.9. The van der Waals surface area contributed by atoms with Gasteiger partial charge in [0.1, 0.15) is 5.03 Å². The lowest BCUT2D eigenvalue weighted by molar-refractivity contribution is 0.563. The van der Waals surface area contributed by atoms with Gasteiger partial charge in [-0.2, -0.15) is 5.10 Å². The molecule has 0 fully saturated rings. The number of thioether (sulfide) groups is 1. The van der Waals surface area contributed by atoms with E-state index < -0.39 is 0 Å². The molecule has 26 heavy (non-hydrogen) atoms. The van der Waals surface area contributed by atoms with Crippen molar-refractivity contribution in [3.63, 3.8) is 0 Å². The maximum absolute atomic E-state index is 6.07. The van der Waals surface area contributed by atoms with Crippen molar-refractivity contribution in [2.24, 2.45) is 0 Å². The molecule has 2 heterocycles. The standard InChI is InChI=1S/C21H26ClN3S/c1-7-13(2)26-18-12-17(21(4,5)6)23-20-19(14(3)24-25(18)20)15-8-10-16(22)11-9-15/h8-13H,7H2,1-6H3. The maximum Gasteiger partial charge on any atom is 0.164 e. The first kappa shape index (κ1) is 19.2. The molecule has 0 aliphatic carbocycles. The zero-order valence-electron chi connectivity index (χ0n) is 16.3. The Morgan fingerprint density at radius 2 is 1.85 bits per heavy atom. The molecule has 1 aromatic carbocycles. The molecule has 0 saturated heterocycles. The van der Waals surface area contributed by atoms with E-state index in [1.165, 1.54) is 0 Å². The number of halogens is 1. The van der Waals surface area contributed by atoms with E-state index in [-0.39, 0.29) is 5.41 Å². The van der Waals surface area contributed by atoms with Gasteiger partial charge in [0, 0.05) is 21.3 Å². The Morgan fingerprint density at radius 1 is 1.19 bits per heavy atom. The molecule has 3 aromatic rings. The van der Waals surface area contributed by atoms with Gasteiger partial charge in [-0.25, -0.2) is 9.50 Å². The third-order valence-electron chi connectivity index (χ3n) is 4.53. The lowest BCUT2D eigenvalue weighted by Crippen LogP contribution is -2.15. The molecule has 138 valence electrons. The number of benzene rings is 1. The van der Waals surface area contributed by atoms with Gasteiger partial charge in [0.05, 0.1) is 11.4 Å². The molecule has 0 bridgehead atoms. The molecule has 0 radical (unpaired) electrons. The Bertz CT molecular complexity index is 923. The molecule has 3 nitrogen and oxygen atoms in total. The number of nitrogens with zero attached hydrogens (tertiary/aromatic N) is 3. The summed E-state index contributed by atoms with van der Waals surface area (Å²) >= 11 is 7.94. The van der Waals surface area contributed by atoms with Gasteiger partial charge in [-0.15, -0.1) is 11.8 Å². The van der Waals surface area contributed by atoms with Crippen LogP contribution in [0.15, 0.2) is 35.4 Å². The average Bonchev–Trinajstić information content (AvgIpc) is 2.91. The van der Waals surface area contributed by atoms with Crippen molar-refractivity contribution in [2.75, 3.05) is 0 Å². The number of hydrogen-bond acceptors (Lipinski definition) is 3. The van der Waals surface area contributed by atoms with Gasteiger partial charge in [-0.3, -0.25) is 0 Å². The van der Waals surface area contributed by atoms with Crippen molar-refractivity contribution in [1.29, 1.82) is 0 Å². The lowest BCUT2D eigenvalue weighted by atomic mass is 9.92. The largest absolute Gasteiger partial charge is 0.232 e. The summed E-state index contributed by atoms with van der Waals surface area (Å²) in [6, 6.07) is 10.1. The minimum absolute atomic E-state index is 0.0258. The van der Waals surface area contributed by atoms with Gasteiger partial charge in [0.15, 0.2) is 5.65 Å². The molecule has 3 rings (SSSR count). The maximum atomic E-state index is 6.07. The Morgan fingerprint density at radius 3 is 2.42 bits per heavy atom. The number of rotatable bonds is 4. The van der Waals surface area contributed by atoms with Crippen LogP contribution in [0.5, 0.6) is 0 Å². The van der Waals surface area contributed by atoms with Gasteiger partial charge in [0.2, 0.25) is 0 Å². The van der Waals surface area contributed by atoms with Crippen LogP contribution >= 0.6 is 23.4 Å². The molecule has 1 unspecified atom stereocenters. The summed E-state index contributed by atoms with van der Waals surface area (Å²) in [4.78, 5) is 5.01. The Balaban J connectivity index is 2.28. The minimum atomic E-state index is -0.0258. The molecule has 0 saturated carbocycles. The van der Waals surface area contributed by atoms with Crippen LogP contribution in [0, 0.1) is 6.92 Å². The third kappa shape index (κ3) is 3.77. The van der Waals surface area contributed by atoms with Crippen molar-refractivity contribution in [2.45, 2.75) is 63.7 Å². The number of aromatic nitrogens is 3. The Labute approximate surface area is 165 Å². The monoisotopic (exact) mass is 387 g/mol. The fourth-order valence-electron chi connectivity index (χ4n) is 2.81. The number of aryl methyl sites for hydroxylation is 1. The van der Waals surface area contributed by atoms with Crippen molar-refractivity contribution >= 4 is 29.0 Å². The van der Waals surface area contributed by atoms with Gasteiger partial charge in [-0.1, -0.05) is 58.4 Å². The second-order valence-corrected chi connectivity index (χ2v) is 9.66. The predicted octanol–water partition coefficient (Wildman–Crippen LogP) is 6.55. The topological polar surface area (TPSA) is 30.2 Å². The minimum Gasteiger partial charge on any atom is -0.232 e. The summed E-state index contributed by atoms with van der Waals surface area (Å²) in [5.74, 6) is 0. The van der Waals surface area contributed by atoms with Crippen molar-refractivity contribution in [3.05, 3.63) is 46.7 Å². The molecule has 0 amide bonds. The summed E-state index contributed by atoms with van der Waals surface area (Å²) in [5.41, 5.74) is 5.15. The highest BCUT2D eigenvalue weighted by molar-refractivity contribution is 7.99. The van der Waals surface area contributed by atoms with Crippen molar-refractivity contribution in [3.8, 4) is 11.1 Å². The van der Waals surface area contributed by atoms with Crippen molar-refractivity contribution in [1.82, 2.24) is 14.6 Å². The SMILES string of the molecule is CCC(C)Sc1cc(C(C)(C)C)nc2c(-c3ccc(Cl)cc3)c(C)nn12. The predicted molar refractivity (Wildman–Crippen MR) is 112 cm³/mol. The smallest absolute Gasteiger partial charge is 0.164 e. The Hall–Kier alpha value is -1.52. The molecule has 0 aliphatic rings. The summed E-state index contributed by atoms with van der Waals surface area (Å²) < 4.78 is 2.01. The zero-order chi connectivity index (χ0) is 19.1. The fraction of sp³-hybridized carbons (Fsp3) is 0.429. The summed E-state index contributed by atoms with van der Waals surface area (Å²) in [6.45, 7) is 13.1. The highest BCUT2D eigenvalue weighted by Gasteiger charge is 2.23.